The number of hydrogen-bond donors (Lipinski definition) is 2. The number of H-pyrrole nitrogens is 1. The van der Waals surface area contributed by atoms with E-state index in [1.807, 2.05) is 0 Å². The number of likely N-dealkylation sites (tertiary alicyclic amines) is 1. The predicted molar refractivity (Wildman–Crippen MR) is 147 cm³/mol. The number of rotatable bonds is 3. The van der Waals surface area contributed by atoms with Gasteiger partial charge in [-0.3, -0.25) is 4.79 Å². The minimum Gasteiger partial charge on any atom is -0.339 e. The molecule has 2 saturated heterocycles. The number of aromatic amines is 1. The normalized spacial score (nSPS) is 32.8. The van der Waals surface area contributed by atoms with Crippen molar-refractivity contribution >= 4 is 5.91 Å². The lowest BCUT2D eigenvalue weighted by atomic mass is 9.70. The molecule has 3 N–H and O–H groups in total. The first-order chi connectivity index (χ1) is 18.0. The van der Waals surface area contributed by atoms with Crippen LogP contribution in [0, 0.1) is 18.8 Å². The summed E-state index contributed by atoms with van der Waals surface area (Å²) < 4.78 is 0. The van der Waals surface area contributed by atoms with E-state index in [2.05, 4.69) is 76.8 Å². The molecule has 1 aliphatic carbocycles. The Bertz CT molecular complexity index is 1100. The number of carbonyl (C=O) groups is 1. The van der Waals surface area contributed by atoms with E-state index in [1.165, 1.54) is 54.6 Å². The van der Waals surface area contributed by atoms with E-state index in [0.717, 1.165) is 45.4 Å². The first-order valence-corrected chi connectivity index (χ1v) is 14.9. The Morgan fingerprint density at radius 1 is 1.03 bits per heavy atom. The van der Waals surface area contributed by atoms with Gasteiger partial charge in [0.05, 0.1) is 5.92 Å². The van der Waals surface area contributed by atoms with Gasteiger partial charge >= 0.3 is 0 Å². The highest BCUT2D eigenvalue weighted by Crippen LogP contribution is 2.43. The van der Waals surface area contributed by atoms with Crippen LogP contribution in [0.3, 0.4) is 0 Å². The van der Waals surface area contributed by atoms with Crippen LogP contribution in [-0.2, 0) is 16.6 Å². The van der Waals surface area contributed by atoms with Crippen molar-refractivity contribution in [3.63, 3.8) is 0 Å². The summed E-state index contributed by atoms with van der Waals surface area (Å²) in [5, 5.41) is 7.48. The molecule has 2 aromatic rings. The van der Waals surface area contributed by atoms with Crippen molar-refractivity contribution in [3.8, 4) is 0 Å². The molecular formula is C32H45N4O+. The number of amides is 1. The Morgan fingerprint density at radius 2 is 1.84 bits per heavy atom. The summed E-state index contributed by atoms with van der Waals surface area (Å²) >= 11 is 0. The maximum atomic E-state index is 14.7. The second-order valence-corrected chi connectivity index (χ2v) is 12.5. The van der Waals surface area contributed by atoms with Gasteiger partial charge in [-0.25, -0.2) is 4.98 Å². The number of nitrogens with one attached hydrogen (secondary N) is 3. The van der Waals surface area contributed by atoms with Crippen molar-refractivity contribution in [1.29, 1.82) is 0 Å². The molecule has 198 valence electrons. The SMILES string of the molecule is Cc1ccc2c([nH+]1)CC(C)NC[C@]21CNCC1C(=O)N1CC[C@@H](c2ccccc2)C[C@H]1C1CCCCC1. The molecule has 1 spiro atoms. The molecule has 3 fully saturated rings. The highest BCUT2D eigenvalue weighted by Gasteiger charge is 2.53. The summed E-state index contributed by atoms with van der Waals surface area (Å²) in [6.07, 6.45) is 9.72. The zero-order valence-electron chi connectivity index (χ0n) is 22.8. The second kappa shape index (κ2) is 10.5. The number of fused-ring (bicyclic) bond motifs is 2. The van der Waals surface area contributed by atoms with Gasteiger partial charge in [-0.05, 0) is 56.1 Å². The van der Waals surface area contributed by atoms with E-state index in [0.29, 0.717) is 29.8 Å². The number of pyridine rings is 1. The van der Waals surface area contributed by atoms with E-state index in [-0.39, 0.29) is 11.3 Å². The van der Waals surface area contributed by atoms with Gasteiger partial charge in [-0.15, -0.1) is 0 Å². The summed E-state index contributed by atoms with van der Waals surface area (Å²) in [4.78, 5) is 20.7. The smallest absolute Gasteiger partial charge is 0.228 e. The van der Waals surface area contributed by atoms with Gasteiger partial charge in [0.25, 0.3) is 0 Å². The Labute approximate surface area is 222 Å². The quantitative estimate of drug-likeness (QED) is 0.664. The van der Waals surface area contributed by atoms with Crippen LogP contribution in [0.2, 0.25) is 0 Å². The Balaban J connectivity index is 1.32. The molecule has 1 aromatic carbocycles. The molecule has 3 aliphatic heterocycles. The zero-order chi connectivity index (χ0) is 25.4. The number of hydrogen-bond acceptors (Lipinski definition) is 3. The molecule has 5 heteroatoms. The molecule has 2 unspecified atom stereocenters. The average Bonchev–Trinajstić information content (AvgIpc) is 3.31. The lowest BCUT2D eigenvalue weighted by Crippen LogP contribution is -2.56. The molecule has 0 radical (unpaired) electrons. The van der Waals surface area contributed by atoms with Gasteiger partial charge in [0, 0.05) is 68.7 Å². The predicted octanol–water partition coefficient (Wildman–Crippen LogP) is 4.16. The maximum absolute atomic E-state index is 14.7. The van der Waals surface area contributed by atoms with E-state index in [1.54, 1.807) is 0 Å². The highest BCUT2D eigenvalue weighted by atomic mass is 16.2. The van der Waals surface area contributed by atoms with Crippen molar-refractivity contribution in [1.82, 2.24) is 15.5 Å². The lowest BCUT2D eigenvalue weighted by Gasteiger charge is -2.47. The van der Waals surface area contributed by atoms with Crippen LogP contribution >= 0.6 is 0 Å². The Kier molecular flexibility index (Phi) is 7.11. The minimum absolute atomic E-state index is 0.0282. The summed E-state index contributed by atoms with van der Waals surface area (Å²) in [6, 6.07) is 16.3. The standard InChI is InChI=1S/C32H44N4O/c1-22-13-14-27-29(35-22)17-23(2)34-21-32(27)20-33-19-28(32)31(37)36-16-15-26(24-9-5-3-6-10-24)18-30(36)25-11-7-4-8-12-25/h3,5-6,9-10,13-14,23,25-26,28,30,33-34H,4,7-8,11-12,15-21H2,1-2H3/p+1/t23?,26-,28?,30+,32-/m1/s1. The average molecular weight is 502 g/mol. The number of piperidine rings is 1. The number of nitrogens with zero attached hydrogens (tertiary/aromatic N) is 1. The molecule has 6 rings (SSSR count). The Hall–Kier alpha value is -2.24. The molecule has 1 saturated carbocycles. The molecular weight excluding hydrogens is 456 g/mol. The zero-order valence-corrected chi connectivity index (χ0v) is 22.8. The van der Waals surface area contributed by atoms with Crippen LogP contribution in [0.15, 0.2) is 42.5 Å². The second-order valence-electron chi connectivity index (χ2n) is 12.5. The number of carbonyl (C=O) groups excluding carboxylic acids is 1. The fourth-order valence-corrected chi connectivity index (χ4v) is 8.13. The first kappa shape index (κ1) is 25.1. The molecule has 0 bridgehead atoms. The van der Waals surface area contributed by atoms with Crippen LogP contribution in [0.5, 0.6) is 0 Å². The van der Waals surface area contributed by atoms with Gasteiger partial charge in [-0.1, -0.05) is 49.6 Å². The van der Waals surface area contributed by atoms with Crippen molar-refractivity contribution in [2.75, 3.05) is 26.2 Å². The first-order valence-electron chi connectivity index (χ1n) is 14.9. The molecule has 1 amide bonds. The molecule has 4 aliphatic rings. The van der Waals surface area contributed by atoms with Gasteiger partial charge in [0.15, 0.2) is 11.4 Å². The molecule has 1 aromatic heterocycles. The summed E-state index contributed by atoms with van der Waals surface area (Å²) in [7, 11) is 0. The van der Waals surface area contributed by atoms with Crippen LogP contribution in [0.25, 0.3) is 0 Å². The fraction of sp³-hybridized carbons (Fsp3) is 0.625. The molecule has 5 atom stereocenters. The van der Waals surface area contributed by atoms with Crippen LogP contribution in [-0.4, -0.2) is 49.1 Å². The summed E-state index contributed by atoms with van der Waals surface area (Å²) in [6.45, 7) is 7.79. The minimum atomic E-state index is -0.200. The third-order valence-corrected chi connectivity index (χ3v) is 10.1. The fourth-order valence-electron chi connectivity index (χ4n) is 8.13. The third-order valence-electron chi connectivity index (χ3n) is 10.1. The van der Waals surface area contributed by atoms with Gasteiger partial charge < -0.3 is 15.5 Å². The summed E-state index contributed by atoms with van der Waals surface area (Å²) in [5.41, 5.74) is 5.11. The van der Waals surface area contributed by atoms with Gasteiger partial charge in [-0.2, -0.15) is 0 Å². The topological polar surface area (TPSA) is 58.5 Å². The van der Waals surface area contributed by atoms with E-state index in [9.17, 15) is 4.79 Å². The third kappa shape index (κ3) is 4.74. The monoisotopic (exact) mass is 501 g/mol. The number of aromatic nitrogens is 1. The van der Waals surface area contributed by atoms with Crippen molar-refractivity contribution < 1.29 is 9.78 Å². The van der Waals surface area contributed by atoms with E-state index in [4.69, 9.17) is 0 Å². The molecule has 37 heavy (non-hydrogen) atoms. The van der Waals surface area contributed by atoms with Crippen molar-refractivity contribution in [2.24, 2.45) is 11.8 Å². The number of benzene rings is 1. The van der Waals surface area contributed by atoms with Crippen molar-refractivity contribution in [2.45, 2.75) is 88.6 Å². The van der Waals surface area contributed by atoms with Crippen LogP contribution < -0.4 is 15.6 Å². The highest BCUT2D eigenvalue weighted by molar-refractivity contribution is 5.82. The van der Waals surface area contributed by atoms with Gasteiger partial charge in [0.1, 0.15) is 0 Å². The van der Waals surface area contributed by atoms with E-state index >= 15 is 0 Å². The Morgan fingerprint density at radius 3 is 2.65 bits per heavy atom. The van der Waals surface area contributed by atoms with Crippen LogP contribution in [0.1, 0.15) is 80.3 Å². The van der Waals surface area contributed by atoms with E-state index < -0.39 is 0 Å². The molecule has 4 heterocycles. The van der Waals surface area contributed by atoms with Crippen molar-refractivity contribution in [3.05, 3.63) is 65.0 Å². The molecule has 5 nitrogen and oxygen atoms in total. The van der Waals surface area contributed by atoms with Gasteiger partial charge in [0.2, 0.25) is 5.91 Å². The number of aryl methyl sites for hydroxylation is 1. The largest absolute Gasteiger partial charge is 0.339 e. The maximum Gasteiger partial charge on any atom is 0.228 e. The lowest BCUT2D eigenvalue weighted by molar-refractivity contribution is -0.400. The summed E-state index contributed by atoms with van der Waals surface area (Å²) in [5.74, 6) is 1.58. The van der Waals surface area contributed by atoms with Crippen LogP contribution in [0.4, 0.5) is 0 Å².